The number of carbonyl (C=O) groups is 3. The molecule has 3 aromatic rings. The minimum absolute atomic E-state index is 0.168. The van der Waals surface area contributed by atoms with Crippen LogP contribution < -0.4 is 20.1 Å². The molecular weight excluding hydrogens is 573 g/mol. The first-order valence-electron chi connectivity index (χ1n) is 11.1. The fourth-order valence-corrected chi connectivity index (χ4v) is 4.48. The standard InChI is InChI=1S/C27H24IN3O5/c1-17-7-6-8-18(11-17)15-31-26(33)22(30-27(31)34)13-19-12-21(28)25(23(14-19)35-2)36-16-24(32)29-20-9-4-3-5-10-20/h3-14H,15-16H2,1-2H3,(H,29,32)(H,30,34)/b22-13+. The molecule has 0 spiro atoms. The molecule has 9 heteroatoms. The molecule has 2 N–H and O–H groups in total. The van der Waals surface area contributed by atoms with E-state index in [2.05, 4.69) is 33.2 Å². The maximum Gasteiger partial charge on any atom is 0.329 e. The first-order chi connectivity index (χ1) is 17.3. The van der Waals surface area contributed by atoms with Gasteiger partial charge < -0.3 is 20.1 Å². The Morgan fingerprint density at radius 3 is 2.58 bits per heavy atom. The molecule has 1 saturated heterocycles. The fourth-order valence-electron chi connectivity index (χ4n) is 3.69. The number of aryl methyl sites for hydroxylation is 1. The third-order valence-electron chi connectivity index (χ3n) is 5.35. The molecule has 1 aliphatic rings. The second kappa shape index (κ2) is 11.3. The van der Waals surface area contributed by atoms with Gasteiger partial charge in [-0.25, -0.2) is 4.79 Å². The number of halogens is 1. The number of imide groups is 1. The van der Waals surface area contributed by atoms with Gasteiger partial charge in [0.15, 0.2) is 18.1 Å². The predicted octanol–water partition coefficient (Wildman–Crippen LogP) is 4.72. The Hall–Kier alpha value is -3.86. The molecule has 3 aromatic carbocycles. The average molecular weight is 597 g/mol. The normalized spacial score (nSPS) is 14.1. The molecule has 4 rings (SSSR count). The Morgan fingerprint density at radius 1 is 1.08 bits per heavy atom. The van der Waals surface area contributed by atoms with Crippen molar-refractivity contribution >= 4 is 52.2 Å². The molecule has 0 aromatic heterocycles. The van der Waals surface area contributed by atoms with Gasteiger partial charge in [-0.05, 0) is 71.0 Å². The summed E-state index contributed by atoms with van der Waals surface area (Å²) in [6, 6.07) is 19.7. The Labute approximate surface area is 222 Å². The van der Waals surface area contributed by atoms with Crippen molar-refractivity contribution in [3.05, 3.63) is 92.7 Å². The van der Waals surface area contributed by atoms with E-state index in [9.17, 15) is 14.4 Å². The van der Waals surface area contributed by atoms with Gasteiger partial charge in [-0.1, -0.05) is 48.0 Å². The summed E-state index contributed by atoms with van der Waals surface area (Å²) in [6.45, 7) is 1.94. The number of anilines is 1. The van der Waals surface area contributed by atoms with E-state index in [-0.39, 0.29) is 24.8 Å². The van der Waals surface area contributed by atoms with Crippen molar-refractivity contribution in [3.8, 4) is 11.5 Å². The number of carbonyl (C=O) groups excluding carboxylic acids is 3. The van der Waals surface area contributed by atoms with Crippen LogP contribution in [0.2, 0.25) is 0 Å². The van der Waals surface area contributed by atoms with Crippen LogP contribution in [0, 0.1) is 10.5 Å². The molecule has 36 heavy (non-hydrogen) atoms. The second-order valence-electron chi connectivity index (χ2n) is 8.11. The molecule has 1 aliphatic heterocycles. The van der Waals surface area contributed by atoms with E-state index < -0.39 is 11.9 Å². The van der Waals surface area contributed by atoms with Gasteiger partial charge in [0.25, 0.3) is 11.8 Å². The van der Waals surface area contributed by atoms with Crippen LogP contribution in [0.15, 0.2) is 72.4 Å². The topological polar surface area (TPSA) is 97.0 Å². The highest BCUT2D eigenvalue weighted by Crippen LogP contribution is 2.35. The molecule has 1 fully saturated rings. The fraction of sp³-hybridized carbons (Fsp3) is 0.148. The summed E-state index contributed by atoms with van der Waals surface area (Å²) in [4.78, 5) is 38.8. The van der Waals surface area contributed by atoms with Crippen LogP contribution in [-0.4, -0.2) is 36.5 Å². The number of ether oxygens (including phenoxy) is 2. The van der Waals surface area contributed by atoms with Crippen molar-refractivity contribution in [2.75, 3.05) is 19.0 Å². The number of amides is 4. The van der Waals surface area contributed by atoms with Gasteiger partial charge in [0, 0.05) is 5.69 Å². The molecule has 0 aliphatic carbocycles. The minimum atomic E-state index is -0.473. The zero-order chi connectivity index (χ0) is 25.7. The molecule has 1 heterocycles. The summed E-state index contributed by atoms with van der Waals surface area (Å²) in [7, 11) is 1.49. The second-order valence-corrected chi connectivity index (χ2v) is 9.27. The lowest BCUT2D eigenvalue weighted by Crippen LogP contribution is -2.30. The highest BCUT2D eigenvalue weighted by Gasteiger charge is 2.33. The molecule has 0 bridgehead atoms. The first kappa shape index (κ1) is 25.2. The van der Waals surface area contributed by atoms with Gasteiger partial charge in [0.1, 0.15) is 5.70 Å². The van der Waals surface area contributed by atoms with Crippen molar-refractivity contribution in [1.82, 2.24) is 10.2 Å². The smallest absolute Gasteiger partial charge is 0.329 e. The van der Waals surface area contributed by atoms with Gasteiger partial charge >= 0.3 is 6.03 Å². The third kappa shape index (κ3) is 6.03. The average Bonchev–Trinajstić information content (AvgIpc) is 3.11. The van der Waals surface area contributed by atoms with Gasteiger partial charge in [-0.3, -0.25) is 14.5 Å². The SMILES string of the molecule is COc1cc(/C=C2/NC(=O)N(Cc3cccc(C)c3)C2=O)cc(I)c1OCC(=O)Nc1ccccc1. The Bertz CT molecular complexity index is 1340. The van der Waals surface area contributed by atoms with E-state index in [1.165, 1.54) is 12.0 Å². The maximum atomic E-state index is 12.9. The molecule has 0 atom stereocenters. The number of benzene rings is 3. The lowest BCUT2D eigenvalue weighted by Gasteiger charge is -2.14. The summed E-state index contributed by atoms with van der Waals surface area (Å²) < 4.78 is 11.9. The van der Waals surface area contributed by atoms with Crippen molar-refractivity contribution in [3.63, 3.8) is 0 Å². The Kier molecular flexibility index (Phi) is 7.89. The maximum absolute atomic E-state index is 12.9. The lowest BCUT2D eigenvalue weighted by molar-refractivity contribution is -0.123. The van der Waals surface area contributed by atoms with E-state index >= 15 is 0 Å². The van der Waals surface area contributed by atoms with Crippen LogP contribution in [0.1, 0.15) is 16.7 Å². The molecule has 4 amide bonds. The van der Waals surface area contributed by atoms with Crippen molar-refractivity contribution in [2.24, 2.45) is 0 Å². The van der Waals surface area contributed by atoms with Crippen LogP contribution in [0.3, 0.4) is 0 Å². The minimum Gasteiger partial charge on any atom is -0.493 e. The highest BCUT2D eigenvalue weighted by atomic mass is 127. The number of nitrogens with zero attached hydrogens (tertiary/aromatic N) is 1. The zero-order valence-electron chi connectivity index (χ0n) is 19.7. The highest BCUT2D eigenvalue weighted by molar-refractivity contribution is 14.1. The molecule has 0 unspecified atom stereocenters. The largest absolute Gasteiger partial charge is 0.493 e. The van der Waals surface area contributed by atoms with E-state index in [1.54, 1.807) is 30.3 Å². The van der Waals surface area contributed by atoms with Crippen LogP contribution in [0.25, 0.3) is 6.08 Å². The summed E-state index contributed by atoms with van der Waals surface area (Å²) in [5, 5.41) is 5.41. The van der Waals surface area contributed by atoms with Crippen LogP contribution in [0.5, 0.6) is 11.5 Å². The molecule has 8 nitrogen and oxygen atoms in total. The van der Waals surface area contributed by atoms with Crippen LogP contribution in [0.4, 0.5) is 10.5 Å². The van der Waals surface area contributed by atoms with Gasteiger partial charge in [-0.2, -0.15) is 0 Å². The number of nitrogens with one attached hydrogen (secondary N) is 2. The van der Waals surface area contributed by atoms with Crippen LogP contribution in [-0.2, 0) is 16.1 Å². The van der Waals surface area contributed by atoms with Crippen molar-refractivity contribution in [2.45, 2.75) is 13.5 Å². The van der Waals surface area contributed by atoms with E-state index in [1.807, 2.05) is 49.4 Å². The first-order valence-corrected chi connectivity index (χ1v) is 12.2. The summed E-state index contributed by atoms with van der Waals surface area (Å²) in [6.07, 6.45) is 1.59. The molecule has 184 valence electrons. The number of urea groups is 1. The molecule has 0 saturated carbocycles. The number of hydrogen-bond donors (Lipinski definition) is 2. The Morgan fingerprint density at radius 2 is 1.86 bits per heavy atom. The van der Waals surface area contributed by atoms with E-state index in [4.69, 9.17) is 9.47 Å². The third-order valence-corrected chi connectivity index (χ3v) is 6.15. The van der Waals surface area contributed by atoms with E-state index in [0.29, 0.717) is 26.3 Å². The number of hydrogen-bond acceptors (Lipinski definition) is 5. The lowest BCUT2D eigenvalue weighted by atomic mass is 10.1. The number of para-hydroxylation sites is 1. The monoisotopic (exact) mass is 597 g/mol. The quantitative estimate of drug-likeness (QED) is 0.223. The number of methoxy groups -OCH3 is 1. The zero-order valence-corrected chi connectivity index (χ0v) is 21.9. The van der Waals surface area contributed by atoms with Crippen molar-refractivity contribution < 1.29 is 23.9 Å². The summed E-state index contributed by atoms with van der Waals surface area (Å²) in [5.41, 5.74) is 3.40. The van der Waals surface area contributed by atoms with Gasteiger partial charge in [-0.15, -0.1) is 0 Å². The number of rotatable bonds is 8. The van der Waals surface area contributed by atoms with Gasteiger partial charge in [0.05, 0.1) is 17.2 Å². The van der Waals surface area contributed by atoms with Crippen molar-refractivity contribution in [1.29, 1.82) is 0 Å². The summed E-state index contributed by atoms with van der Waals surface area (Å²) >= 11 is 2.07. The molecule has 0 radical (unpaired) electrons. The Balaban J connectivity index is 1.47. The predicted molar refractivity (Wildman–Crippen MR) is 145 cm³/mol. The molecular formula is C27H24IN3O5. The van der Waals surface area contributed by atoms with E-state index in [0.717, 1.165) is 11.1 Å². The summed E-state index contributed by atoms with van der Waals surface area (Å²) in [5.74, 6) is 0.0903. The van der Waals surface area contributed by atoms with Gasteiger partial charge in [0.2, 0.25) is 0 Å². The van der Waals surface area contributed by atoms with Crippen LogP contribution >= 0.6 is 22.6 Å².